The Balaban J connectivity index is 1.01. The highest BCUT2D eigenvalue weighted by Gasteiger charge is 2.51. The van der Waals surface area contributed by atoms with Crippen molar-refractivity contribution in [2.75, 3.05) is 9.80 Å². The first-order chi connectivity index (χ1) is 32.2. The van der Waals surface area contributed by atoms with Crippen LogP contribution in [-0.2, 0) is 5.41 Å². The molecule has 65 heavy (non-hydrogen) atoms. The van der Waals surface area contributed by atoms with E-state index in [2.05, 4.69) is 252 Å². The quantitative estimate of drug-likeness (QED) is 0.166. The van der Waals surface area contributed by atoms with Gasteiger partial charge >= 0.3 is 0 Å². The van der Waals surface area contributed by atoms with Gasteiger partial charge in [-0.05, 0) is 123 Å². The van der Waals surface area contributed by atoms with E-state index in [1.807, 2.05) is 11.8 Å². The van der Waals surface area contributed by atoms with Crippen molar-refractivity contribution in [1.82, 2.24) is 0 Å². The molecule has 306 valence electrons. The number of fused-ring (bicyclic) bond motifs is 11. The fourth-order valence-corrected chi connectivity index (χ4v) is 11.6. The Morgan fingerprint density at radius 3 is 1.65 bits per heavy atom. The molecule has 2 aliphatic heterocycles. The Labute approximate surface area is 383 Å². The summed E-state index contributed by atoms with van der Waals surface area (Å²) in [5, 5.41) is 0. The molecular formula is C61H40N2OS. The summed E-state index contributed by atoms with van der Waals surface area (Å²) in [4.78, 5) is 7.27. The summed E-state index contributed by atoms with van der Waals surface area (Å²) >= 11 is 1.83. The number of benzene rings is 10. The third kappa shape index (κ3) is 5.91. The summed E-state index contributed by atoms with van der Waals surface area (Å²) < 4.78 is 6.69. The Bertz CT molecular complexity index is 3410. The lowest BCUT2D eigenvalue weighted by Crippen LogP contribution is -2.32. The number of hydrogen-bond donors (Lipinski definition) is 0. The van der Waals surface area contributed by atoms with Crippen molar-refractivity contribution in [3.05, 3.63) is 265 Å². The van der Waals surface area contributed by atoms with Gasteiger partial charge in [-0.3, -0.25) is 0 Å². The Morgan fingerprint density at radius 2 is 0.892 bits per heavy atom. The van der Waals surface area contributed by atoms with Crippen LogP contribution in [0.25, 0.3) is 33.4 Å². The normalized spacial score (nSPS) is 13.4. The van der Waals surface area contributed by atoms with Crippen molar-refractivity contribution in [2.24, 2.45) is 0 Å². The van der Waals surface area contributed by atoms with Crippen LogP contribution in [0.15, 0.2) is 252 Å². The molecule has 4 heteroatoms. The van der Waals surface area contributed by atoms with Gasteiger partial charge in [-0.1, -0.05) is 176 Å². The van der Waals surface area contributed by atoms with Crippen LogP contribution < -0.4 is 14.5 Å². The molecule has 1 aliphatic carbocycles. The lowest BCUT2D eigenvalue weighted by atomic mass is 9.66. The zero-order valence-corrected chi connectivity index (χ0v) is 36.1. The molecule has 0 atom stereocenters. The maximum Gasteiger partial charge on any atom is 0.132 e. The summed E-state index contributed by atoms with van der Waals surface area (Å²) in [5.74, 6) is 1.77. The van der Waals surface area contributed by atoms with Crippen LogP contribution in [0.3, 0.4) is 0 Å². The summed E-state index contributed by atoms with van der Waals surface area (Å²) in [7, 11) is 0. The third-order valence-electron chi connectivity index (χ3n) is 13.3. The molecule has 0 unspecified atom stereocenters. The van der Waals surface area contributed by atoms with Crippen LogP contribution in [0.1, 0.15) is 22.3 Å². The van der Waals surface area contributed by atoms with E-state index >= 15 is 0 Å². The van der Waals surface area contributed by atoms with Gasteiger partial charge < -0.3 is 14.5 Å². The predicted octanol–water partition coefficient (Wildman–Crippen LogP) is 16.9. The Morgan fingerprint density at radius 1 is 0.354 bits per heavy atom. The zero-order chi connectivity index (χ0) is 42.9. The molecule has 0 N–H and O–H groups in total. The SMILES string of the molecule is c1ccc(-c2ccc(N3c4ccccc4Sc4cc(N(c5cccc(-c6ccccc6)c5)c5ccc6c(c5)C5(c7ccccc7Oc7ccccc75)c5ccccc5-6)ccc43)cc2)cc1. The van der Waals surface area contributed by atoms with E-state index in [-0.39, 0.29) is 0 Å². The second kappa shape index (κ2) is 15.0. The zero-order valence-electron chi connectivity index (χ0n) is 35.3. The summed E-state index contributed by atoms with van der Waals surface area (Å²) in [6, 6.07) is 88.2. The maximum atomic E-state index is 6.69. The highest BCUT2D eigenvalue weighted by Crippen LogP contribution is 2.63. The van der Waals surface area contributed by atoms with E-state index in [1.165, 1.54) is 54.4 Å². The van der Waals surface area contributed by atoms with Crippen LogP contribution in [0.4, 0.5) is 34.1 Å². The summed E-state index contributed by atoms with van der Waals surface area (Å²) in [6.45, 7) is 0. The molecule has 1 spiro atoms. The van der Waals surface area contributed by atoms with Crippen LogP contribution in [0.2, 0.25) is 0 Å². The first-order valence-electron chi connectivity index (χ1n) is 22.2. The van der Waals surface area contributed by atoms with Gasteiger partial charge in [0.15, 0.2) is 0 Å². The van der Waals surface area contributed by atoms with Crippen LogP contribution >= 0.6 is 11.8 Å². The first-order valence-corrected chi connectivity index (χ1v) is 23.0. The molecule has 10 aromatic carbocycles. The molecule has 0 saturated heterocycles. The van der Waals surface area contributed by atoms with Crippen LogP contribution in [-0.4, -0.2) is 0 Å². The van der Waals surface area contributed by atoms with E-state index < -0.39 is 5.41 Å². The topological polar surface area (TPSA) is 15.7 Å². The molecule has 0 fully saturated rings. The average Bonchev–Trinajstić information content (AvgIpc) is 3.66. The number of rotatable bonds is 6. The number of anilines is 6. The van der Waals surface area contributed by atoms with Gasteiger partial charge in [0.25, 0.3) is 0 Å². The van der Waals surface area contributed by atoms with E-state index in [9.17, 15) is 0 Å². The fourth-order valence-electron chi connectivity index (χ4n) is 10.5. The smallest absolute Gasteiger partial charge is 0.132 e. The average molecular weight is 849 g/mol. The molecule has 3 aliphatic rings. The minimum Gasteiger partial charge on any atom is -0.457 e. The number of nitrogens with zero attached hydrogens (tertiary/aromatic N) is 2. The van der Waals surface area contributed by atoms with Gasteiger partial charge in [0.1, 0.15) is 11.5 Å². The van der Waals surface area contributed by atoms with Crippen LogP contribution in [0.5, 0.6) is 11.5 Å². The van der Waals surface area contributed by atoms with Gasteiger partial charge in [-0.15, -0.1) is 0 Å². The Kier molecular flexibility index (Phi) is 8.68. The van der Waals surface area contributed by atoms with Crippen molar-refractivity contribution in [2.45, 2.75) is 15.2 Å². The van der Waals surface area contributed by atoms with Gasteiger partial charge in [-0.25, -0.2) is 0 Å². The fraction of sp³-hybridized carbons (Fsp3) is 0.0164. The molecule has 0 aromatic heterocycles. The molecule has 10 aromatic rings. The number of hydrogen-bond acceptors (Lipinski definition) is 4. The maximum absolute atomic E-state index is 6.69. The third-order valence-corrected chi connectivity index (χ3v) is 14.4. The minimum atomic E-state index is -0.586. The Hall–Kier alpha value is -8.05. The summed E-state index contributed by atoms with van der Waals surface area (Å²) in [5.41, 5.74) is 18.2. The van der Waals surface area contributed by atoms with Crippen molar-refractivity contribution in [1.29, 1.82) is 0 Å². The van der Waals surface area contributed by atoms with Crippen molar-refractivity contribution >= 4 is 45.9 Å². The van der Waals surface area contributed by atoms with Crippen molar-refractivity contribution < 1.29 is 4.74 Å². The highest BCUT2D eigenvalue weighted by molar-refractivity contribution is 7.99. The van der Waals surface area contributed by atoms with Gasteiger partial charge in [-0.2, -0.15) is 0 Å². The molecule has 0 saturated carbocycles. The molecule has 0 radical (unpaired) electrons. The largest absolute Gasteiger partial charge is 0.457 e. The highest BCUT2D eigenvalue weighted by atomic mass is 32.2. The molecule has 13 rings (SSSR count). The molecule has 0 amide bonds. The lowest BCUT2D eigenvalue weighted by molar-refractivity contribution is 0.436. The van der Waals surface area contributed by atoms with Crippen molar-refractivity contribution in [3.63, 3.8) is 0 Å². The van der Waals surface area contributed by atoms with E-state index in [1.54, 1.807) is 0 Å². The molecule has 3 nitrogen and oxygen atoms in total. The molecular weight excluding hydrogens is 809 g/mol. The van der Waals surface area contributed by atoms with Crippen molar-refractivity contribution in [3.8, 4) is 44.9 Å². The van der Waals surface area contributed by atoms with Gasteiger partial charge in [0.2, 0.25) is 0 Å². The lowest BCUT2D eigenvalue weighted by Gasteiger charge is -2.39. The minimum absolute atomic E-state index is 0.586. The first kappa shape index (κ1) is 37.5. The van der Waals surface area contributed by atoms with E-state index in [4.69, 9.17) is 4.74 Å². The molecule has 2 heterocycles. The van der Waals surface area contributed by atoms with Gasteiger partial charge in [0.05, 0.1) is 16.8 Å². The second-order valence-electron chi connectivity index (χ2n) is 16.8. The standard InChI is InChI=1S/C61H40N2OS/c1-3-16-41(17-4-1)43-30-32-45(33-31-43)63-55-26-11-14-29-59(55)65-60-40-48(35-37-56(60)63)62(46-21-15-20-44(38-46)42-18-5-2-6-19-42)47-34-36-50-49-22-7-8-23-51(49)61(54(50)39-47)52-24-9-12-27-57(52)64-58-28-13-10-25-53(58)61/h1-40H. The molecule has 0 bridgehead atoms. The monoisotopic (exact) mass is 848 g/mol. The number of para-hydroxylation sites is 3. The summed E-state index contributed by atoms with van der Waals surface area (Å²) in [6.07, 6.45) is 0. The number of ether oxygens (including phenoxy) is 1. The predicted molar refractivity (Wildman–Crippen MR) is 268 cm³/mol. The second-order valence-corrected chi connectivity index (χ2v) is 17.9. The van der Waals surface area contributed by atoms with E-state index in [0.717, 1.165) is 56.6 Å². The van der Waals surface area contributed by atoms with E-state index in [0.29, 0.717) is 0 Å². The van der Waals surface area contributed by atoms with Crippen LogP contribution in [0, 0.1) is 0 Å². The van der Waals surface area contributed by atoms with Gasteiger partial charge in [0, 0.05) is 43.7 Å².